The van der Waals surface area contributed by atoms with E-state index in [0.717, 1.165) is 5.56 Å². The first kappa shape index (κ1) is 13.6. The van der Waals surface area contributed by atoms with Crippen LogP contribution in [0.25, 0.3) is 16.9 Å². The number of nitrogens with zero attached hydrogens (tertiary/aromatic N) is 4. The van der Waals surface area contributed by atoms with Gasteiger partial charge in [-0.3, -0.25) is 9.78 Å². The van der Waals surface area contributed by atoms with Crippen LogP contribution < -0.4 is 0 Å². The fourth-order valence-corrected chi connectivity index (χ4v) is 2.08. The highest BCUT2D eigenvalue weighted by Gasteiger charge is 2.16. The Hall–Kier alpha value is -3.35. The lowest BCUT2D eigenvalue weighted by Gasteiger charge is -2.07. The lowest BCUT2D eigenvalue weighted by atomic mass is 10.1. The van der Waals surface area contributed by atoms with Crippen LogP contribution in [-0.4, -0.2) is 37.3 Å². The van der Waals surface area contributed by atoms with E-state index in [2.05, 4.69) is 15.3 Å². The molecule has 0 fully saturated rings. The zero-order valence-corrected chi connectivity index (χ0v) is 11.2. The number of hydrogen-bond donors (Lipinski definition) is 1. The van der Waals surface area contributed by atoms with E-state index in [0.29, 0.717) is 17.7 Å². The van der Waals surface area contributed by atoms with E-state index in [4.69, 9.17) is 5.11 Å². The lowest BCUT2D eigenvalue weighted by Crippen LogP contribution is -2.02. The SMILES string of the molecule is O=Cc1nnn(-c2ccc(C(=O)O)cc2)c1-c1ccncc1. The van der Waals surface area contributed by atoms with Gasteiger partial charge in [0.1, 0.15) is 5.69 Å². The molecule has 0 saturated heterocycles. The number of pyridine rings is 1. The number of aromatic nitrogens is 4. The Balaban J connectivity index is 2.14. The average molecular weight is 294 g/mol. The van der Waals surface area contributed by atoms with E-state index in [9.17, 15) is 9.59 Å². The number of carbonyl (C=O) groups is 2. The van der Waals surface area contributed by atoms with Crippen molar-refractivity contribution in [1.29, 1.82) is 0 Å². The molecule has 0 atom stereocenters. The molecule has 0 bridgehead atoms. The molecule has 3 aromatic rings. The van der Waals surface area contributed by atoms with Crippen LogP contribution in [0.1, 0.15) is 20.8 Å². The Labute approximate surface area is 124 Å². The van der Waals surface area contributed by atoms with Crippen molar-refractivity contribution >= 4 is 12.3 Å². The molecule has 0 spiro atoms. The van der Waals surface area contributed by atoms with Crippen molar-refractivity contribution in [3.8, 4) is 16.9 Å². The number of benzene rings is 1. The minimum absolute atomic E-state index is 0.171. The Morgan fingerprint density at radius 1 is 1.09 bits per heavy atom. The summed E-state index contributed by atoms with van der Waals surface area (Å²) in [5, 5.41) is 16.8. The molecule has 0 saturated carbocycles. The molecule has 3 rings (SSSR count). The van der Waals surface area contributed by atoms with Gasteiger partial charge in [-0.05, 0) is 36.4 Å². The highest BCUT2D eigenvalue weighted by atomic mass is 16.4. The van der Waals surface area contributed by atoms with Crippen LogP contribution in [0, 0.1) is 0 Å². The highest BCUT2D eigenvalue weighted by Crippen LogP contribution is 2.23. The molecule has 0 radical (unpaired) electrons. The molecule has 0 aliphatic carbocycles. The van der Waals surface area contributed by atoms with Gasteiger partial charge in [-0.15, -0.1) is 5.10 Å². The third-order valence-electron chi connectivity index (χ3n) is 3.12. The predicted molar refractivity (Wildman–Crippen MR) is 76.9 cm³/mol. The van der Waals surface area contributed by atoms with Crippen molar-refractivity contribution in [2.24, 2.45) is 0 Å². The molecule has 2 aromatic heterocycles. The van der Waals surface area contributed by atoms with Gasteiger partial charge in [0.05, 0.1) is 11.3 Å². The van der Waals surface area contributed by atoms with Crippen molar-refractivity contribution in [1.82, 2.24) is 20.0 Å². The van der Waals surface area contributed by atoms with Gasteiger partial charge in [0, 0.05) is 18.0 Å². The van der Waals surface area contributed by atoms with Gasteiger partial charge in [0.25, 0.3) is 0 Å². The van der Waals surface area contributed by atoms with Gasteiger partial charge in [0.15, 0.2) is 12.0 Å². The van der Waals surface area contributed by atoms with E-state index in [-0.39, 0.29) is 11.3 Å². The van der Waals surface area contributed by atoms with E-state index in [1.54, 1.807) is 36.7 Å². The fourth-order valence-electron chi connectivity index (χ4n) is 2.08. The number of carbonyl (C=O) groups excluding carboxylic acids is 1. The molecule has 0 amide bonds. The Morgan fingerprint density at radius 2 is 1.77 bits per heavy atom. The summed E-state index contributed by atoms with van der Waals surface area (Å²) in [5.74, 6) is -1.01. The normalized spacial score (nSPS) is 10.4. The number of rotatable bonds is 4. The zero-order valence-electron chi connectivity index (χ0n) is 11.2. The van der Waals surface area contributed by atoms with E-state index < -0.39 is 5.97 Å². The average Bonchev–Trinajstić information content (AvgIpc) is 2.99. The molecule has 7 heteroatoms. The van der Waals surface area contributed by atoms with Crippen LogP contribution in [0.3, 0.4) is 0 Å². The maximum atomic E-state index is 11.2. The van der Waals surface area contributed by atoms with Crippen LogP contribution in [-0.2, 0) is 0 Å². The number of hydrogen-bond acceptors (Lipinski definition) is 5. The summed E-state index contributed by atoms with van der Waals surface area (Å²) in [6.45, 7) is 0. The molecular formula is C15H10N4O3. The summed E-state index contributed by atoms with van der Waals surface area (Å²) < 4.78 is 1.49. The first-order valence-electron chi connectivity index (χ1n) is 6.35. The number of carboxylic acid groups (broad SMARTS) is 1. The molecule has 1 aromatic carbocycles. The second kappa shape index (κ2) is 5.57. The Kier molecular flexibility index (Phi) is 3.45. The van der Waals surface area contributed by atoms with Gasteiger partial charge in [-0.25, -0.2) is 9.48 Å². The molecule has 0 aliphatic rings. The molecule has 0 unspecified atom stereocenters. The van der Waals surface area contributed by atoms with E-state index >= 15 is 0 Å². The summed E-state index contributed by atoms with van der Waals surface area (Å²) in [4.78, 5) is 26.0. The largest absolute Gasteiger partial charge is 0.478 e. The quantitative estimate of drug-likeness (QED) is 0.737. The first-order valence-corrected chi connectivity index (χ1v) is 6.35. The van der Waals surface area contributed by atoms with Crippen molar-refractivity contribution in [3.05, 3.63) is 60.0 Å². The summed E-state index contributed by atoms with van der Waals surface area (Å²) in [6.07, 6.45) is 3.84. The van der Waals surface area contributed by atoms with Crippen molar-refractivity contribution in [2.45, 2.75) is 0 Å². The molecular weight excluding hydrogens is 284 g/mol. The minimum atomic E-state index is -1.01. The molecule has 0 aliphatic heterocycles. The van der Waals surface area contributed by atoms with E-state index in [1.807, 2.05) is 0 Å². The maximum Gasteiger partial charge on any atom is 0.335 e. The first-order chi connectivity index (χ1) is 10.7. The standard InChI is InChI=1S/C15H10N4O3/c20-9-13-14(10-5-7-16-8-6-10)19(18-17-13)12-3-1-11(2-4-12)15(21)22/h1-9H,(H,21,22). The van der Waals surface area contributed by atoms with Gasteiger partial charge in [0.2, 0.25) is 0 Å². The monoisotopic (exact) mass is 294 g/mol. The van der Waals surface area contributed by atoms with Crippen molar-refractivity contribution in [3.63, 3.8) is 0 Å². The molecule has 7 nitrogen and oxygen atoms in total. The van der Waals surface area contributed by atoms with Gasteiger partial charge in [-0.1, -0.05) is 5.21 Å². The second-order valence-electron chi connectivity index (χ2n) is 4.44. The molecule has 2 heterocycles. The van der Waals surface area contributed by atoms with Crippen molar-refractivity contribution < 1.29 is 14.7 Å². The summed E-state index contributed by atoms with van der Waals surface area (Å²) in [6, 6.07) is 9.64. The van der Waals surface area contributed by atoms with Crippen LogP contribution in [0.15, 0.2) is 48.8 Å². The second-order valence-corrected chi connectivity index (χ2v) is 4.44. The number of aldehydes is 1. The van der Waals surface area contributed by atoms with Crippen molar-refractivity contribution in [2.75, 3.05) is 0 Å². The van der Waals surface area contributed by atoms with Gasteiger partial charge in [-0.2, -0.15) is 0 Å². The van der Waals surface area contributed by atoms with Crippen LogP contribution in [0.2, 0.25) is 0 Å². The van der Waals surface area contributed by atoms with Crippen LogP contribution in [0.5, 0.6) is 0 Å². The Morgan fingerprint density at radius 3 is 2.36 bits per heavy atom. The topological polar surface area (TPSA) is 98.0 Å². The van der Waals surface area contributed by atoms with Gasteiger partial charge < -0.3 is 5.11 Å². The van der Waals surface area contributed by atoms with Crippen LogP contribution >= 0.6 is 0 Å². The number of carboxylic acids is 1. The zero-order chi connectivity index (χ0) is 15.5. The fraction of sp³-hybridized carbons (Fsp3) is 0. The Bertz CT molecular complexity index is 826. The smallest absolute Gasteiger partial charge is 0.335 e. The third-order valence-corrected chi connectivity index (χ3v) is 3.12. The summed E-state index contributed by atoms with van der Waals surface area (Å²) in [7, 11) is 0. The molecule has 1 N–H and O–H groups in total. The minimum Gasteiger partial charge on any atom is -0.478 e. The maximum absolute atomic E-state index is 11.2. The van der Waals surface area contributed by atoms with Crippen LogP contribution in [0.4, 0.5) is 0 Å². The number of aromatic carboxylic acids is 1. The summed E-state index contributed by atoms with van der Waals surface area (Å²) in [5.41, 5.74) is 2.25. The van der Waals surface area contributed by atoms with Gasteiger partial charge >= 0.3 is 5.97 Å². The lowest BCUT2D eigenvalue weighted by molar-refractivity contribution is 0.0696. The summed E-state index contributed by atoms with van der Waals surface area (Å²) >= 11 is 0. The highest BCUT2D eigenvalue weighted by molar-refractivity contribution is 5.88. The van der Waals surface area contributed by atoms with E-state index in [1.165, 1.54) is 16.8 Å². The molecule has 22 heavy (non-hydrogen) atoms. The third kappa shape index (κ3) is 2.35. The predicted octanol–water partition coefficient (Wildman–Crippen LogP) is 1.84. The molecule has 108 valence electrons.